The van der Waals surface area contributed by atoms with Crippen LogP contribution in [0.3, 0.4) is 0 Å². The van der Waals surface area contributed by atoms with E-state index in [0.29, 0.717) is 16.6 Å². The minimum Gasteiger partial charge on any atom is -0.329 e. The second-order valence-corrected chi connectivity index (χ2v) is 5.94. The van der Waals surface area contributed by atoms with Crippen molar-refractivity contribution in [2.75, 3.05) is 6.54 Å². The lowest BCUT2D eigenvalue weighted by atomic mass is 10.1. The number of rotatable bonds is 4. The Bertz CT molecular complexity index is 585. The van der Waals surface area contributed by atoms with E-state index in [0.717, 1.165) is 17.8 Å². The van der Waals surface area contributed by atoms with Crippen LogP contribution in [0, 0.1) is 0 Å². The Morgan fingerprint density at radius 1 is 1.14 bits per heavy atom. The normalized spacial score (nSPS) is 13.2. The van der Waals surface area contributed by atoms with Gasteiger partial charge in [0.05, 0.1) is 10.6 Å². The molecular weight excluding hydrogens is 321 g/mol. The van der Waals surface area contributed by atoms with Crippen LogP contribution in [0.15, 0.2) is 47.6 Å². The molecule has 0 bridgehead atoms. The average molecular weight is 333 g/mol. The van der Waals surface area contributed by atoms with Crippen LogP contribution in [0.1, 0.15) is 16.4 Å². The van der Waals surface area contributed by atoms with E-state index < -0.39 is 11.7 Å². The number of benzene rings is 1. The second kappa shape index (κ2) is 6.68. The molecule has 0 aliphatic heterocycles. The highest BCUT2D eigenvalue weighted by Crippen LogP contribution is 2.35. The third-order valence-electron chi connectivity index (χ3n) is 2.78. The van der Waals surface area contributed by atoms with Crippen LogP contribution in [0.2, 0.25) is 5.02 Å². The highest BCUT2D eigenvalue weighted by atomic mass is 35.5. The van der Waals surface area contributed by atoms with Gasteiger partial charge in [-0.1, -0.05) is 35.5 Å². The standard InChI is InChI=1S/C14H12ClF3N2S/c15-11-4-1-9(2-5-11)12(7-19)21-13-6-3-10(8-20-13)14(16,17)18/h1-6,8,12H,7,19H2. The number of hydrogen-bond donors (Lipinski definition) is 1. The zero-order valence-electron chi connectivity index (χ0n) is 10.8. The fourth-order valence-corrected chi connectivity index (χ4v) is 2.76. The van der Waals surface area contributed by atoms with Crippen molar-refractivity contribution in [1.29, 1.82) is 0 Å². The van der Waals surface area contributed by atoms with Crippen molar-refractivity contribution in [3.8, 4) is 0 Å². The molecule has 7 heteroatoms. The summed E-state index contributed by atoms with van der Waals surface area (Å²) in [5, 5.41) is 1.02. The largest absolute Gasteiger partial charge is 0.417 e. The number of hydrogen-bond acceptors (Lipinski definition) is 3. The first-order valence-electron chi connectivity index (χ1n) is 6.05. The molecule has 0 radical (unpaired) electrons. The van der Waals surface area contributed by atoms with Crippen molar-refractivity contribution in [3.63, 3.8) is 0 Å². The first kappa shape index (κ1) is 16.1. The molecular formula is C14H12ClF3N2S. The van der Waals surface area contributed by atoms with Gasteiger partial charge in [0.1, 0.15) is 0 Å². The minimum atomic E-state index is -4.38. The summed E-state index contributed by atoms with van der Waals surface area (Å²) in [6.45, 7) is 0.342. The fraction of sp³-hybridized carbons (Fsp3) is 0.214. The summed E-state index contributed by atoms with van der Waals surface area (Å²) in [5.41, 5.74) is 5.92. The fourth-order valence-electron chi connectivity index (χ4n) is 1.69. The molecule has 1 unspecified atom stereocenters. The van der Waals surface area contributed by atoms with E-state index in [9.17, 15) is 13.2 Å². The van der Waals surface area contributed by atoms with Gasteiger partial charge < -0.3 is 5.73 Å². The van der Waals surface area contributed by atoms with Gasteiger partial charge in [-0.25, -0.2) is 4.98 Å². The third-order valence-corrected chi connectivity index (χ3v) is 4.27. The Labute approximate surface area is 129 Å². The molecule has 1 atom stereocenters. The van der Waals surface area contributed by atoms with E-state index in [1.165, 1.54) is 17.8 Å². The van der Waals surface area contributed by atoms with Gasteiger partial charge >= 0.3 is 6.18 Å². The van der Waals surface area contributed by atoms with E-state index in [2.05, 4.69) is 4.98 Å². The van der Waals surface area contributed by atoms with Crippen LogP contribution in [-0.2, 0) is 6.18 Å². The van der Waals surface area contributed by atoms with Crippen molar-refractivity contribution >= 4 is 23.4 Å². The molecule has 0 aliphatic carbocycles. The quantitative estimate of drug-likeness (QED) is 0.835. The first-order chi connectivity index (χ1) is 9.90. The Morgan fingerprint density at radius 2 is 1.81 bits per heavy atom. The molecule has 1 aromatic carbocycles. The van der Waals surface area contributed by atoms with Crippen LogP contribution in [0.25, 0.3) is 0 Å². The molecule has 1 heterocycles. The van der Waals surface area contributed by atoms with Crippen molar-refractivity contribution in [1.82, 2.24) is 4.98 Å². The number of thioether (sulfide) groups is 1. The molecule has 0 amide bonds. The number of pyridine rings is 1. The number of nitrogens with two attached hydrogens (primary N) is 1. The Kier molecular flexibility index (Phi) is 5.13. The maximum absolute atomic E-state index is 12.5. The number of alkyl halides is 3. The molecule has 0 fully saturated rings. The molecule has 112 valence electrons. The van der Waals surface area contributed by atoms with Crippen LogP contribution < -0.4 is 5.73 Å². The van der Waals surface area contributed by atoms with E-state index in [4.69, 9.17) is 17.3 Å². The van der Waals surface area contributed by atoms with Gasteiger partial charge in [-0.05, 0) is 29.8 Å². The molecule has 0 saturated carbocycles. The summed E-state index contributed by atoms with van der Waals surface area (Å²) in [7, 11) is 0. The minimum absolute atomic E-state index is 0.0912. The monoisotopic (exact) mass is 332 g/mol. The summed E-state index contributed by atoms with van der Waals surface area (Å²) in [5.74, 6) is 0. The molecule has 2 aromatic rings. The van der Waals surface area contributed by atoms with Crippen LogP contribution in [0.4, 0.5) is 13.2 Å². The van der Waals surface area contributed by atoms with Crippen LogP contribution in [0.5, 0.6) is 0 Å². The van der Waals surface area contributed by atoms with Crippen LogP contribution >= 0.6 is 23.4 Å². The molecule has 0 aliphatic rings. The van der Waals surface area contributed by atoms with Gasteiger partial charge in [-0.15, -0.1) is 0 Å². The van der Waals surface area contributed by atoms with Crippen molar-refractivity contribution in [2.45, 2.75) is 16.5 Å². The molecule has 2 nitrogen and oxygen atoms in total. The molecule has 1 aromatic heterocycles. The van der Waals surface area contributed by atoms with Gasteiger partial charge in [0.25, 0.3) is 0 Å². The van der Waals surface area contributed by atoms with E-state index >= 15 is 0 Å². The number of aromatic nitrogens is 1. The van der Waals surface area contributed by atoms with Gasteiger partial charge in [0.15, 0.2) is 0 Å². The smallest absolute Gasteiger partial charge is 0.329 e. The summed E-state index contributed by atoms with van der Waals surface area (Å²) in [6, 6.07) is 9.56. The van der Waals surface area contributed by atoms with Gasteiger partial charge in [-0.2, -0.15) is 13.2 Å². The van der Waals surface area contributed by atoms with Crippen molar-refractivity contribution < 1.29 is 13.2 Å². The van der Waals surface area contributed by atoms with E-state index in [-0.39, 0.29) is 5.25 Å². The van der Waals surface area contributed by atoms with Crippen molar-refractivity contribution in [3.05, 3.63) is 58.7 Å². The zero-order chi connectivity index (χ0) is 15.5. The van der Waals surface area contributed by atoms with Crippen molar-refractivity contribution in [2.24, 2.45) is 5.73 Å². The lowest BCUT2D eigenvalue weighted by Gasteiger charge is -2.15. The molecule has 2 rings (SSSR count). The Hall–Kier alpha value is -1.24. The van der Waals surface area contributed by atoms with Gasteiger partial charge in [-0.3, -0.25) is 0 Å². The lowest BCUT2D eigenvalue weighted by molar-refractivity contribution is -0.137. The molecule has 0 spiro atoms. The summed E-state index contributed by atoms with van der Waals surface area (Å²) in [4.78, 5) is 3.84. The molecule has 0 saturated heterocycles. The van der Waals surface area contributed by atoms with E-state index in [1.54, 1.807) is 12.1 Å². The zero-order valence-corrected chi connectivity index (χ0v) is 12.3. The highest BCUT2D eigenvalue weighted by Gasteiger charge is 2.30. The first-order valence-corrected chi connectivity index (χ1v) is 7.31. The van der Waals surface area contributed by atoms with Gasteiger partial charge in [0, 0.05) is 23.0 Å². The lowest BCUT2D eigenvalue weighted by Crippen LogP contribution is -2.10. The number of nitrogens with zero attached hydrogens (tertiary/aromatic N) is 1. The average Bonchev–Trinajstić information content (AvgIpc) is 2.45. The summed E-state index contributed by atoms with van der Waals surface area (Å²) >= 11 is 7.14. The summed E-state index contributed by atoms with van der Waals surface area (Å²) in [6.07, 6.45) is -3.54. The molecule has 21 heavy (non-hydrogen) atoms. The van der Waals surface area contributed by atoms with Gasteiger partial charge in [0.2, 0.25) is 0 Å². The predicted octanol–water partition coefficient (Wildman–Crippen LogP) is 4.55. The maximum Gasteiger partial charge on any atom is 0.417 e. The predicted molar refractivity (Wildman–Crippen MR) is 78.3 cm³/mol. The molecule has 2 N–H and O–H groups in total. The third kappa shape index (κ3) is 4.36. The topological polar surface area (TPSA) is 38.9 Å². The number of halogens is 4. The highest BCUT2D eigenvalue weighted by molar-refractivity contribution is 7.99. The second-order valence-electron chi connectivity index (χ2n) is 4.28. The van der Waals surface area contributed by atoms with Crippen LogP contribution in [-0.4, -0.2) is 11.5 Å². The maximum atomic E-state index is 12.5. The Morgan fingerprint density at radius 3 is 2.29 bits per heavy atom. The Balaban J connectivity index is 2.13. The van der Waals surface area contributed by atoms with E-state index in [1.807, 2.05) is 12.1 Å². The summed E-state index contributed by atoms with van der Waals surface area (Å²) < 4.78 is 37.4. The SMILES string of the molecule is NCC(Sc1ccc(C(F)(F)F)cn1)c1ccc(Cl)cc1.